The maximum absolute atomic E-state index is 12.2. The zero-order valence-electron chi connectivity index (χ0n) is 15.0. The molecule has 0 aromatic heterocycles. The van der Waals surface area contributed by atoms with E-state index >= 15 is 0 Å². The molecule has 2 aromatic rings. The highest BCUT2D eigenvalue weighted by atomic mass is 32.2. The Labute approximate surface area is 149 Å². The maximum atomic E-state index is 12.2. The fourth-order valence-electron chi connectivity index (χ4n) is 2.60. The number of benzene rings is 2. The van der Waals surface area contributed by atoms with E-state index in [1.807, 2.05) is 11.9 Å². The van der Waals surface area contributed by atoms with E-state index in [1.54, 1.807) is 12.1 Å². The van der Waals surface area contributed by atoms with Gasteiger partial charge in [0.25, 0.3) is 0 Å². The molecular formula is C19H24N2O3S. The summed E-state index contributed by atoms with van der Waals surface area (Å²) in [6, 6.07) is 12.5. The highest BCUT2D eigenvalue weighted by molar-refractivity contribution is 7.90. The molecule has 0 radical (unpaired) electrons. The van der Waals surface area contributed by atoms with E-state index in [2.05, 4.69) is 37.4 Å². The van der Waals surface area contributed by atoms with Crippen molar-refractivity contribution in [2.45, 2.75) is 25.3 Å². The van der Waals surface area contributed by atoms with Crippen LogP contribution in [0.5, 0.6) is 0 Å². The first kappa shape index (κ1) is 19.1. The molecule has 5 nitrogen and oxygen atoms in total. The Morgan fingerprint density at radius 2 is 1.72 bits per heavy atom. The second-order valence-corrected chi connectivity index (χ2v) is 8.46. The standard InChI is InChI=1S/C19H24N2O3S/c1-14-5-6-16(15(2)11-14)12-21(3)13-19(22)20-17-7-9-18(10-8-17)25(4,23)24/h5-11H,12-13H2,1-4H3,(H,20,22). The van der Waals surface area contributed by atoms with Gasteiger partial charge in [-0.15, -0.1) is 0 Å². The Morgan fingerprint density at radius 3 is 2.28 bits per heavy atom. The molecule has 25 heavy (non-hydrogen) atoms. The topological polar surface area (TPSA) is 66.5 Å². The fourth-order valence-corrected chi connectivity index (χ4v) is 3.23. The predicted octanol–water partition coefficient (Wildman–Crippen LogP) is 2.78. The third-order valence-electron chi connectivity index (χ3n) is 3.92. The Bertz CT molecular complexity index is 859. The van der Waals surface area contributed by atoms with Crippen molar-refractivity contribution in [3.63, 3.8) is 0 Å². The van der Waals surface area contributed by atoms with Gasteiger partial charge in [0.2, 0.25) is 5.91 Å². The van der Waals surface area contributed by atoms with Gasteiger partial charge in [-0.05, 0) is 56.3 Å². The summed E-state index contributed by atoms with van der Waals surface area (Å²) in [7, 11) is -1.34. The summed E-state index contributed by atoms with van der Waals surface area (Å²) in [4.78, 5) is 14.3. The summed E-state index contributed by atoms with van der Waals surface area (Å²) in [5.41, 5.74) is 4.21. The summed E-state index contributed by atoms with van der Waals surface area (Å²) >= 11 is 0. The number of hydrogen-bond donors (Lipinski definition) is 1. The molecule has 0 unspecified atom stereocenters. The second-order valence-electron chi connectivity index (χ2n) is 6.45. The zero-order chi connectivity index (χ0) is 18.6. The van der Waals surface area contributed by atoms with Crippen molar-refractivity contribution >= 4 is 21.4 Å². The molecule has 0 bridgehead atoms. The third-order valence-corrected chi connectivity index (χ3v) is 5.05. The average molecular weight is 360 g/mol. The minimum absolute atomic E-state index is 0.139. The van der Waals surface area contributed by atoms with Crippen molar-refractivity contribution in [2.24, 2.45) is 0 Å². The Hall–Kier alpha value is -2.18. The fraction of sp³-hybridized carbons (Fsp3) is 0.316. The Kier molecular flexibility index (Phi) is 5.98. The van der Waals surface area contributed by atoms with Gasteiger partial charge in [0.1, 0.15) is 0 Å². The van der Waals surface area contributed by atoms with Crippen molar-refractivity contribution < 1.29 is 13.2 Å². The quantitative estimate of drug-likeness (QED) is 0.860. The first-order valence-electron chi connectivity index (χ1n) is 8.00. The number of carbonyl (C=O) groups excluding carboxylic acids is 1. The Morgan fingerprint density at radius 1 is 1.08 bits per heavy atom. The molecule has 134 valence electrons. The van der Waals surface area contributed by atoms with Crippen LogP contribution in [0.25, 0.3) is 0 Å². The number of likely N-dealkylation sites (N-methyl/N-ethyl adjacent to an activating group) is 1. The predicted molar refractivity (Wildman–Crippen MR) is 100 cm³/mol. The van der Waals surface area contributed by atoms with Crippen LogP contribution in [0.2, 0.25) is 0 Å². The molecule has 1 N–H and O–H groups in total. The third kappa shape index (κ3) is 5.69. The maximum Gasteiger partial charge on any atom is 0.238 e. The van der Waals surface area contributed by atoms with Crippen LogP contribution in [0.1, 0.15) is 16.7 Å². The molecule has 2 rings (SSSR count). The van der Waals surface area contributed by atoms with Crippen molar-refractivity contribution in [1.82, 2.24) is 4.90 Å². The number of nitrogens with zero attached hydrogens (tertiary/aromatic N) is 1. The summed E-state index contributed by atoms with van der Waals surface area (Å²) in [5, 5.41) is 2.79. The molecule has 0 spiro atoms. The normalized spacial score (nSPS) is 11.6. The van der Waals surface area contributed by atoms with Crippen molar-refractivity contribution in [1.29, 1.82) is 0 Å². The van der Waals surface area contributed by atoms with Crippen LogP contribution in [-0.2, 0) is 21.2 Å². The van der Waals surface area contributed by atoms with Gasteiger partial charge in [0.15, 0.2) is 9.84 Å². The summed E-state index contributed by atoms with van der Waals surface area (Å²) in [6.45, 7) is 5.07. The molecule has 0 saturated carbocycles. The van der Waals surface area contributed by atoms with E-state index in [9.17, 15) is 13.2 Å². The van der Waals surface area contributed by atoms with Crippen molar-refractivity contribution in [3.05, 3.63) is 59.2 Å². The molecule has 0 saturated heterocycles. The average Bonchev–Trinajstić information content (AvgIpc) is 2.49. The first-order valence-corrected chi connectivity index (χ1v) is 9.89. The van der Waals surface area contributed by atoms with Gasteiger partial charge in [0, 0.05) is 18.5 Å². The molecule has 1 amide bonds. The van der Waals surface area contributed by atoms with Gasteiger partial charge in [-0.25, -0.2) is 8.42 Å². The van der Waals surface area contributed by atoms with Crippen LogP contribution in [0, 0.1) is 13.8 Å². The lowest BCUT2D eigenvalue weighted by molar-refractivity contribution is -0.117. The van der Waals surface area contributed by atoms with Crippen LogP contribution in [0.4, 0.5) is 5.69 Å². The van der Waals surface area contributed by atoms with E-state index in [-0.39, 0.29) is 17.3 Å². The minimum atomic E-state index is -3.23. The summed E-state index contributed by atoms with van der Waals surface area (Å²) in [5.74, 6) is -0.139. The smallest absolute Gasteiger partial charge is 0.238 e. The van der Waals surface area contributed by atoms with Gasteiger partial charge in [0.05, 0.1) is 11.4 Å². The Balaban J connectivity index is 1.93. The lowest BCUT2D eigenvalue weighted by atomic mass is 10.1. The molecule has 0 aliphatic heterocycles. The lowest BCUT2D eigenvalue weighted by Gasteiger charge is -2.18. The second kappa shape index (κ2) is 7.80. The minimum Gasteiger partial charge on any atom is -0.325 e. The summed E-state index contributed by atoms with van der Waals surface area (Å²) in [6.07, 6.45) is 1.16. The number of sulfone groups is 1. The van der Waals surface area contributed by atoms with Gasteiger partial charge in [-0.3, -0.25) is 9.69 Å². The highest BCUT2D eigenvalue weighted by Crippen LogP contribution is 2.15. The molecule has 2 aromatic carbocycles. The number of aryl methyl sites for hydroxylation is 2. The van der Waals surface area contributed by atoms with Gasteiger partial charge in [-0.1, -0.05) is 23.8 Å². The van der Waals surface area contributed by atoms with Crippen LogP contribution in [0.15, 0.2) is 47.4 Å². The van der Waals surface area contributed by atoms with Gasteiger partial charge in [-0.2, -0.15) is 0 Å². The summed E-state index contributed by atoms with van der Waals surface area (Å²) < 4.78 is 22.9. The molecule has 0 aliphatic rings. The highest BCUT2D eigenvalue weighted by Gasteiger charge is 2.10. The number of anilines is 1. The molecule has 0 atom stereocenters. The number of nitrogens with one attached hydrogen (secondary N) is 1. The van der Waals surface area contributed by atoms with Crippen LogP contribution in [0.3, 0.4) is 0 Å². The largest absolute Gasteiger partial charge is 0.325 e. The van der Waals surface area contributed by atoms with Gasteiger partial charge < -0.3 is 5.32 Å². The molecule has 0 heterocycles. The first-order chi connectivity index (χ1) is 11.6. The van der Waals surface area contributed by atoms with Crippen LogP contribution in [-0.4, -0.2) is 39.1 Å². The monoisotopic (exact) mass is 360 g/mol. The lowest BCUT2D eigenvalue weighted by Crippen LogP contribution is -2.30. The van der Waals surface area contributed by atoms with Crippen molar-refractivity contribution in [2.75, 3.05) is 25.2 Å². The number of hydrogen-bond acceptors (Lipinski definition) is 4. The van der Waals surface area contributed by atoms with E-state index in [4.69, 9.17) is 0 Å². The SMILES string of the molecule is Cc1ccc(CN(C)CC(=O)Nc2ccc(S(C)(=O)=O)cc2)c(C)c1. The molecule has 6 heteroatoms. The van der Waals surface area contributed by atoms with Crippen LogP contribution < -0.4 is 5.32 Å². The van der Waals surface area contributed by atoms with E-state index in [1.165, 1.54) is 28.8 Å². The van der Waals surface area contributed by atoms with E-state index < -0.39 is 9.84 Å². The van der Waals surface area contributed by atoms with Crippen molar-refractivity contribution in [3.8, 4) is 0 Å². The molecule has 0 fully saturated rings. The number of rotatable bonds is 6. The number of carbonyl (C=O) groups is 1. The van der Waals surface area contributed by atoms with E-state index in [0.717, 1.165) is 6.26 Å². The molecular weight excluding hydrogens is 336 g/mol. The van der Waals surface area contributed by atoms with Gasteiger partial charge >= 0.3 is 0 Å². The number of amides is 1. The zero-order valence-corrected chi connectivity index (χ0v) is 15.9. The van der Waals surface area contributed by atoms with E-state index in [0.29, 0.717) is 12.2 Å². The van der Waals surface area contributed by atoms with Crippen LogP contribution >= 0.6 is 0 Å². The molecule has 0 aliphatic carbocycles.